The summed E-state index contributed by atoms with van der Waals surface area (Å²) >= 11 is 0. The lowest BCUT2D eigenvalue weighted by atomic mass is 9.78. The van der Waals surface area contributed by atoms with Crippen LogP contribution in [0.1, 0.15) is 59.1 Å². The van der Waals surface area contributed by atoms with Crippen LogP contribution in [-0.2, 0) is 26.3 Å². The minimum absolute atomic E-state index is 0.0831. The van der Waals surface area contributed by atoms with Crippen LogP contribution in [-0.4, -0.2) is 58.1 Å². The number of nitrogens with two attached hydrogens (primary N) is 2. The van der Waals surface area contributed by atoms with E-state index in [9.17, 15) is 0 Å². The molecule has 0 spiro atoms. The van der Waals surface area contributed by atoms with Crippen LogP contribution in [0.15, 0.2) is 107 Å². The number of rotatable bonds is 13. The lowest BCUT2D eigenvalue weighted by Gasteiger charge is -2.40. The number of nitrogens with zero attached hydrogens (tertiary/aromatic N) is 4. The Hall–Kier alpha value is -5.06. The summed E-state index contributed by atoms with van der Waals surface area (Å²) in [4.78, 5) is 5.20. The molecule has 262 valence electrons. The first-order valence-corrected chi connectivity index (χ1v) is 17.5. The summed E-state index contributed by atoms with van der Waals surface area (Å²) in [5.41, 5.74) is 17.6. The lowest BCUT2D eigenvalue weighted by Crippen LogP contribution is -2.40. The van der Waals surface area contributed by atoms with Crippen molar-refractivity contribution >= 4 is 11.7 Å². The number of piperidine rings is 2. The average Bonchev–Trinajstić information content (AvgIpc) is 3.17. The molecule has 6 N–H and O–H groups in total. The van der Waals surface area contributed by atoms with Crippen LogP contribution in [0.3, 0.4) is 0 Å². The molecule has 0 aliphatic carbocycles. The molecular formula is C40H48N6O4. The molecule has 6 rings (SSSR count). The highest BCUT2D eigenvalue weighted by Crippen LogP contribution is 2.33. The highest BCUT2D eigenvalue weighted by Gasteiger charge is 2.29. The van der Waals surface area contributed by atoms with Gasteiger partial charge in [-0.15, -0.1) is 0 Å². The van der Waals surface area contributed by atoms with Crippen molar-refractivity contribution in [1.29, 1.82) is 0 Å². The van der Waals surface area contributed by atoms with E-state index in [1.807, 2.05) is 24.3 Å². The van der Waals surface area contributed by atoms with Crippen LogP contribution in [0.2, 0.25) is 0 Å². The summed E-state index contributed by atoms with van der Waals surface area (Å²) in [7, 11) is 0. The fourth-order valence-electron chi connectivity index (χ4n) is 7.21. The number of benzene rings is 4. The molecule has 10 heteroatoms. The Labute approximate surface area is 294 Å². The molecule has 0 bridgehead atoms. The zero-order valence-corrected chi connectivity index (χ0v) is 28.5. The summed E-state index contributed by atoms with van der Waals surface area (Å²) in [6.07, 6.45) is 5.12. The molecule has 2 fully saturated rings. The first-order valence-electron chi connectivity index (χ1n) is 17.5. The second-order valence-electron chi connectivity index (χ2n) is 13.5. The van der Waals surface area contributed by atoms with Crippen molar-refractivity contribution in [2.24, 2.45) is 33.6 Å². The number of hydrogen-bond donors (Lipinski definition) is 4. The number of oxime groups is 2. The molecule has 50 heavy (non-hydrogen) atoms. The number of ether oxygens (including phenoxy) is 2. The molecule has 2 aliphatic heterocycles. The summed E-state index contributed by atoms with van der Waals surface area (Å²) in [6.45, 7) is 7.55. The number of likely N-dealkylation sites (tertiary alicyclic amines) is 2. The Morgan fingerprint density at radius 3 is 1.28 bits per heavy atom. The maximum Gasteiger partial charge on any atom is 0.170 e. The van der Waals surface area contributed by atoms with Gasteiger partial charge in [-0.05, 0) is 134 Å². The minimum atomic E-state index is 0.0831. The number of hydrogen-bond acceptors (Lipinski definition) is 8. The highest BCUT2D eigenvalue weighted by atomic mass is 16.5. The van der Waals surface area contributed by atoms with Crippen LogP contribution < -0.4 is 20.9 Å². The highest BCUT2D eigenvalue weighted by molar-refractivity contribution is 5.97. The Morgan fingerprint density at radius 2 is 0.920 bits per heavy atom. The van der Waals surface area contributed by atoms with Gasteiger partial charge in [-0.3, -0.25) is 9.80 Å². The fourth-order valence-corrected chi connectivity index (χ4v) is 7.21. The van der Waals surface area contributed by atoms with E-state index in [2.05, 4.69) is 68.6 Å². The smallest absolute Gasteiger partial charge is 0.170 e. The van der Waals surface area contributed by atoms with Gasteiger partial charge in [0.25, 0.3) is 0 Å². The van der Waals surface area contributed by atoms with Gasteiger partial charge in [0.1, 0.15) is 24.7 Å². The minimum Gasteiger partial charge on any atom is -0.489 e. The van der Waals surface area contributed by atoms with Crippen molar-refractivity contribution in [2.45, 2.75) is 52.0 Å². The second kappa shape index (κ2) is 17.0. The predicted molar refractivity (Wildman–Crippen MR) is 195 cm³/mol. The molecule has 2 saturated heterocycles. The molecule has 10 nitrogen and oxygen atoms in total. The number of amidine groups is 2. The van der Waals surface area contributed by atoms with Crippen molar-refractivity contribution in [3.63, 3.8) is 0 Å². The van der Waals surface area contributed by atoms with E-state index in [0.717, 1.165) is 73.7 Å². The third-order valence-electron chi connectivity index (χ3n) is 10.1. The second-order valence-corrected chi connectivity index (χ2v) is 13.5. The van der Waals surface area contributed by atoms with Gasteiger partial charge in [-0.2, -0.15) is 0 Å². The Balaban J connectivity index is 0.899. The van der Waals surface area contributed by atoms with Gasteiger partial charge in [-0.25, -0.2) is 0 Å². The molecule has 0 aromatic heterocycles. The SMILES string of the molecule is N/C(=N\O)c1ccc(OCc2cccc(CN3CCC(C4CCN(Cc5cccc(COc6ccc(/C(N)=N/O)cc6)c5)CC4)CC3)c2)cc1. The van der Waals surface area contributed by atoms with E-state index >= 15 is 0 Å². The Bertz CT molecular complexity index is 1600. The van der Waals surface area contributed by atoms with Crippen LogP contribution in [0, 0.1) is 11.8 Å². The van der Waals surface area contributed by atoms with Gasteiger partial charge in [0.15, 0.2) is 11.7 Å². The Morgan fingerprint density at radius 1 is 0.560 bits per heavy atom. The van der Waals surface area contributed by atoms with E-state index < -0.39 is 0 Å². The van der Waals surface area contributed by atoms with Gasteiger partial charge in [0, 0.05) is 24.2 Å². The molecule has 0 saturated carbocycles. The van der Waals surface area contributed by atoms with E-state index in [4.69, 9.17) is 31.4 Å². The van der Waals surface area contributed by atoms with Crippen LogP contribution in [0.4, 0.5) is 0 Å². The van der Waals surface area contributed by atoms with Gasteiger partial charge in [0.05, 0.1) is 0 Å². The zero-order valence-electron chi connectivity index (χ0n) is 28.5. The lowest BCUT2D eigenvalue weighted by molar-refractivity contribution is 0.0909. The predicted octanol–water partition coefficient (Wildman–Crippen LogP) is 6.16. The van der Waals surface area contributed by atoms with Crippen molar-refractivity contribution < 1.29 is 19.9 Å². The topological polar surface area (TPSA) is 142 Å². The van der Waals surface area contributed by atoms with Gasteiger partial charge < -0.3 is 31.4 Å². The van der Waals surface area contributed by atoms with Crippen molar-refractivity contribution in [1.82, 2.24) is 9.80 Å². The quantitative estimate of drug-likeness (QED) is 0.0571. The van der Waals surface area contributed by atoms with Crippen molar-refractivity contribution in [3.8, 4) is 11.5 Å². The molecule has 2 aliphatic rings. The molecule has 0 unspecified atom stereocenters. The molecule has 2 heterocycles. The van der Waals surface area contributed by atoms with Crippen LogP contribution in [0.25, 0.3) is 0 Å². The largest absolute Gasteiger partial charge is 0.489 e. The standard InChI is InChI=1S/C40H48N6O4/c41-39(43-47)35-7-11-37(12-8-35)49-27-31-5-1-3-29(23-31)25-45-19-15-33(16-20-45)34-17-21-46(22-18-34)26-30-4-2-6-32(24-30)28-50-38-13-9-36(10-14-38)40(42)44-48/h1-14,23-24,33-34,47-48H,15-22,25-28H2,(H2,41,43)(H2,42,44). The first-order chi connectivity index (χ1) is 24.4. The summed E-state index contributed by atoms with van der Waals surface area (Å²) in [6, 6.07) is 31.8. The van der Waals surface area contributed by atoms with Crippen LogP contribution >= 0.6 is 0 Å². The van der Waals surface area contributed by atoms with E-state index in [0.29, 0.717) is 24.3 Å². The van der Waals surface area contributed by atoms with Gasteiger partial charge >= 0.3 is 0 Å². The zero-order chi connectivity index (χ0) is 34.7. The van der Waals surface area contributed by atoms with Crippen molar-refractivity contribution in [2.75, 3.05) is 26.2 Å². The summed E-state index contributed by atoms with van der Waals surface area (Å²) in [5, 5.41) is 23.8. The normalized spacial score (nSPS) is 17.1. The molecular weight excluding hydrogens is 628 g/mol. The fraction of sp³-hybridized carbons (Fsp3) is 0.350. The molecule has 4 aromatic rings. The van der Waals surface area contributed by atoms with Crippen molar-refractivity contribution in [3.05, 3.63) is 130 Å². The maximum atomic E-state index is 8.85. The van der Waals surface area contributed by atoms with E-state index in [1.165, 1.54) is 36.8 Å². The average molecular weight is 677 g/mol. The Kier molecular flexibility index (Phi) is 11.9. The van der Waals surface area contributed by atoms with E-state index in [1.54, 1.807) is 24.3 Å². The third kappa shape index (κ3) is 9.55. The summed E-state index contributed by atoms with van der Waals surface area (Å²) < 4.78 is 12.0. The van der Waals surface area contributed by atoms with E-state index in [-0.39, 0.29) is 11.7 Å². The third-order valence-corrected chi connectivity index (χ3v) is 10.1. The maximum absolute atomic E-state index is 8.85. The molecule has 4 aromatic carbocycles. The molecule has 0 atom stereocenters. The van der Waals surface area contributed by atoms with Crippen LogP contribution in [0.5, 0.6) is 11.5 Å². The van der Waals surface area contributed by atoms with Gasteiger partial charge in [0.2, 0.25) is 0 Å². The summed E-state index contributed by atoms with van der Waals surface area (Å²) in [5.74, 6) is 3.30. The molecule has 0 radical (unpaired) electrons. The van der Waals surface area contributed by atoms with Gasteiger partial charge in [-0.1, -0.05) is 58.8 Å². The monoisotopic (exact) mass is 676 g/mol. The first kappa shape index (κ1) is 34.8. The molecule has 0 amide bonds.